The number of ether oxygens (including phenoxy) is 1. The summed E-state index contributed by atoms with van der Waals surface area (Å²) in [6.07, 6.45) is 2.95. The molecule has 102 valence electrons. The molecule has 0 spiro atoms. The van der Waals surface area contributed by atoms with E-state index in [-0.39, 0.29) is 5.78 Å². The summed E-state index contributed by atoms with van der Waals surface area (Å²) in [6, 6.07) is 6.77. The fraction of sp³-hybridized carbons (Fsp3) is 0.333. The number of rotatable bonds is 5. The maximum atomic E-state index is 11.3. The zero-order valence-corrected chi connectivity index (χ0v) is 11.3. The van der Waals surface area contributed by atoms with Crippen LogP contribution >= 0.6 is 0 Å². The van der Waals surface area contributed by atoms with Crippen LogP contribution in [0.5, 0.6) is 0 Å². The predicted molar refractivity (Wildman–Crippen MR) is 72.4 cm³/mol. The molecule has 0 heterocycles. The minimum absolute atomic E-state index is 0.317. The summed E-state index contributed by atoms with van der Waals surface area (Å²) in [5.41, 5.74) is -0.173. The molecule has 0 saturated carbocycles. The van der Waals surface area contributed by atoms with Crippen molar-refractivity contribution in [2.45, 2.75) is 26.4 Å². The number of Topliss-reactive ketones (excluding diaryl/α,β-unsaturated/α-hetero) is 1. The van der Waals surface area contributed by atoms with Gasteiger partial charge in [-0.1, -0.05) is 24.3 Å². The molecule has 0 aliphatic heterocycles. The number of benzene rings is 1. The molecule has 0 aromatic heterocycles. The molecule has 1 aromatic carbocycles. The Kier molecular flexibility index (Phi) is 5.01. The van der Waals surface area contributed by atoms with Crippen LogP contribution in [0.1, 0.15) is 31.9 Å². The van der Waals surface area contributed by atoms with Crippen molar-refractivity contribution in [1.82, 2.24) is 0 Å². The summed E-state index contributed by atoms with van der Waals surface area (Å²) in [4.78, 5) is 22.5. The Morgan fingerprint density at radius 1 is 1.32 bits per heavy atom. The lowest BCUT2D eigenvalue weighted by molar-refractivity contribution is -0.137. The highest BCUT2D eigenvalue weighted by Crippen LogP contribution is 2.22. The van der Waals surface area contributed by atoms with Crippen LogP contribution in [0.15, 0.2) is 30.3 Å². The summed E-state index contributed by atoms with van der Waals surface area (Å²) >= 11 is 0. The maximum Gasteiger partial charge on any atom is 0.330 e. The summed E-state index contributed by atoms with van der Waals surface area (Å²) in [5, 5.41) is 10.0. The van der Waals surface area contributed by atoms with Crippen molar-refractivity contribution >= 4 is 17.8 Å². The first-order valence-corrected chi connectivity index (χ1v) is 6.06. The fourth-order valence-corrected chi connectivity index (χ4v) is 1.48. The fourth-order valence-electron chi connectivity index (χ4n) is 1.48. The number of ketones is 1. The van der Waals surface area contributed by atoms with Gasteiger partial charge in [-0.05, 0) is 38.0 Å². The van der Waals surface area contributed by atoms with Gasteiger partial charge in [-0.3, -0.25) is 4.79 Å². The average molecular weight is 262 g/mol. The smallest absolute Gasteiger partial charge is 0.330 e. The standard InChI is InChI=1S/C15H18O4/c1-4-19-14(17)10-7-12-5-8-13(9-6-12)15(3,18)11(2)16/h5-10,18H,4H2,1-3H3/b10-7+. The van der Waals surface area contributed by atoms with Crippen LogP contribution in [0.4, 0.5) is 0 Å². The van der Waals surface area contributed by atoms with Crippen LogP contribution in [-0.2, 0) is 19.9 Å². The number of carbonyl (C=O) groups is 2. The van der Waals surface area contributed by atoms with E-state index in [2.05, 4.69) is 0 Å². The zero-order valence-electron chi connectivity index (χ0n) is 11.3. The summed E-state index contributed by atoms with van der Waals surface area (Å²) in [6.45, 7) is 4.88. The third-order valence-electron chi connectivity index (χ3n) is 2.86. The van der Waals surface area contributed by atoms with E-state index in [0.717, 1.165) is 5.56 Å². The first-order valence-electron chi connectivity index (χ1n) is 6.06. The number of hydrogen-bond donors (Lipinski definition) is 1. The Labute approximate surface area is 112 Å². The van der Waals surface area contributed by atoms with Crippen molar-refractivity contribution in [3.05, 3.63) is 41.5 Å². The second kappa shape index (κ2) is 6.29. The predicted octanol–water partition coefficient (Wildman–Crippen LogP) is 2.06. The van der Waals surface area contributed by atoms with Gasteiger partial charge in [-0.2, -0.15) is 0 Å². The lowest BCUT2D eigenvalue weighted by atomic mass is 9.91. The molecule has 0 bridgehead atoms. The van der Waals surface area contributed by atoms with Gasteiger partial charge in [0, 0.05) is 6.08 Å². The topological polar surface area (TPSA) is 63.6 Å². The van der Waals surface area contributed by atoms with E-state index in [0.29, 0.717) is 12.2 Å². The number of esters is 1. The number of aliphatic hydroxyl groups is 1. The van der Waals surface area contributed by atoms with Gasteiger partial charge in [0.1, 0.15) is 5.60 Å². The van der Waals surface area contributed by atoms with E-state index in [1.54, 1.807) is 37.3 Å². The molecule has 0 radical (unpaired) electrons. The molecule has 4 heteroatoms. The molecule has 0 saturated heterocycles. The van der Waals surface area contributed by atoms with E-state index in [9.17, 15) is 14.7 Å². The summed E-state index contributed by atoms with van der Waals surface area (Å²) < 4.78 is 4.76. The van der Waals surface area contributed by atoms with Crippen LogP contribution in [0, 0.1) is 0 Å². The van der Waals surface area contributed by atoms with E-state index >= 15 is 0 Å². The van der Waals surface area contributed by atoms with Crippen molar-refractivity contribution < 1.29 is 19.4 Å². The summed E-state index contributed by atoms with van der Waals surface area (Å²) in [5.74, 6) is -0.718. The second-order valence-electron chi connectivity index (χ2n) is 4.34. The van der Waals surface area contributed by atoms with Crippen LogP contribution in [0.3, 0.4) is 0 Å². The quantitative estimate of drug-likeness (QED) is 0.651. The molecule has 1 atom stereocenters. The molecular formula is C15H18O4. The van der Waals surface area contributed by atoms with Gasteiger partial charge in [0.2, 0.25) is 0 Å². The minimum Gasteiger partial charge on any atom is -0.463 e. The summed E-state index contributed by atoms with van der Waals surface area (Å²) in [7, 11) is 0. The van der Waals surface area contributed by atoms with Gasteiger partial charge in [0.25, 0.3) is 0 Å². The van der Waals surface area contributed by atoms with Crippen LogP contribution in [0.25, 0.3) is 6.08 Å². The molecular weight excluding hydrogens is 244 g/mol. The van der Waals surface area contributed by atoms with Crippen molar-refractivity contribution in [2.24, 2.45) is 0 Å². The molecule has 1 unspecified atom stereocenters. The van der Waals surface area contributed by atoms with E-state index < -0.39 is 11.6 Å². The van der Waals surface area contributed by atoms with Gasteiger partial charge < -0.3 is 9.84 Å². The maximum absolute atomic E-state index is 11.3. The normalized spacial score (nSPS) is 14.1. The molecule has 1 rings (SSSR count). The SMILES string of the molecule is CCOC(=O)/C=C/c1ccc(C(C)(O)C(C)=O)cc1. The van der Waals surface area contributed by atoms with Crippen LogP contribution in [-0.4, -0.2) is 23.5 Å². The van der Waals surface area contributed by atoms with Gasteiger partial charge in [-0.15, -0.1) is 0 Å². The van der Waals surface area contributed by atoms with Gasteiger partial charge in [-0.25, -0.2) is 4.79 Å². The highest BCUT2D eigenvalue weighted by atomic mass is 16.5. The van der Waals surface area contributed by atoms with Crippen LogP contribution < -0.4 is 0 Å². The second-order valence-corrected chi connectivity index (χ2v) is 4.34. The van der Waals surface area contributed by atoms with E-state index in [4.69, 9.17) is 4.74 Å². The Morgan fingerprint density at radius 2 is 1.89 bits per heavy atom. The number of hydrogen-bond acceptors (Lipinski definition) is 4. The largest absolute Gasteiger partial charge is 0.463 e. The Bertz CT molecular complexity index is 483. The lowest BCUT2D eigenvalue weighted by Gasteiger charge is -2.20. The minimum atomic E-state index is -1.48. The first-order chi connectivity index (χ1) is 8.87. The van der Waals surface area contributed by atoms with Gasteiger partial charge in [0.15, 0.2) is 5.78 Å². The molecule has 4 nitrogen and oxygen atoms in total. The molecule has 0 fully saturated rings. The van der Waals surface area contributed by atoms with Crippen molar-refractivity contribution in [1.29, 1.82) is 0 Å². The molecule has 0 aliphatic carbocycles. The Morgan fingerprint density at radius 3 is 2.37 bits per heavy atom. The molecule has 1 aromatic rings. The Balaban J connectivity index is 2.83. The first kappa shape index (κ1) is 15.1. The highest BCUT2D eigenvalue weighted by Gasteiger charge is 2.28. The molecule has 1 N–H and O–H groups in total. The third-order valence-corrected chi connectivity index (χ3v) is 2.86. The molecule has 19 heavy (non-hydrogen) atoms. The van der Waals surface area contributed by atoms with Crippen LogP contribution in [0.2, 0.25) is 0 Å². The van der Waals surface area contributed by atoms with Crippen molar-refractivity contribution in [2.75, 3.05) is 6.61 Å². The zero-order chi connectivity index (χ0) is 14.5. The average Bonchev–Trinajstić information content (AvgIpc) is 2.37. The lowest BCUT2D eigenvalue weighted by Crippen LogP contribution is -2.29. The highest BCUT2D eigenvalue weighted by molar-refractivity contribution is 5.87. The number of carbonyl (C=O) groups excluding carboxylic acids is 2. The van der Waals surface area contributed by atoms with Crippen molar-refractivity contribution in [3.63, 3.8) is 0 Å². The van der Waals surface area contributed by atoms with E-state index in [1.807, 2.05) is 0 Å². The van der Waals surface area contributed by atoms with Crippen molar-refractivity contribution in [3.8, 4) is 0 Å². The monoisotopic (exact) mass is 262 g/mol. The van der Waals surface area contributed by atoms with E-state index in [1.165, 1.54) is 19.9 Å². The van der Waals surface area contributed by atoms with Gasteiger partial charge >= 0.3 is 5.97 Å². The molecule has 0 amide bonds. The van der Waals surface area contributed by atoms with Gasteiger partial charge in [0.05, 0.1) is 6.61 Å². The molecule has 0 aliphatic rings. The third kappa shape index (κ3) is 4.03. The Hall–Kier alpha value is -1.94.